The molecule has 102 valence electrons. The third kappa shape index (κ3) is 2.48. The molecule has 0 aromatic rings. The normalized spacial score (nSPS) is 20.6. The van der Waals surface area contributed by atoms with Crippen LogP contribution in [0.15, 0.2) is 0 Å². The van der Waals surface area contributed by atoms with Crippen molar-refractivity contribution in [2.75, 3.05) is 0 Å². The van der Waals surface area contributed by atoms with Crippen LogP contribution in [0.4, 0.5) is 39.6 Å². The van der Waals surface area contributed by atoms with Crippen molar-refractivity contribution < 1.29 is 49.4 Å². The van der Waals surface area contributed by atoms with E-state index in [0.29, 0.717) is 0 Å². The van der Waals surface area contributed by atoms with Crippen molar-refractivity contribution in [3.8, 4) is 0 Å². The lowest BCUT2D eigenvalue weighted by atomic mass is 9.96. The SMILES string of the molecule is CC(F)(C(=O)C(F)(OF)C(F)(F)F)C(F)(F)F. The summed E-state index contributed by atoms with van der Waals surface area (Å²) >= 11 is 0. The van der Waals surface area contributed by atoms with Crippen LogP contribution in [0.3, 0.4) is 0 Å². The van der Waals surface area contributed by atoms with E-state index in [0.717, 1.165) is 0 Å². The van der Waals surface area contributed by atoms with Crippen molar-refractivity contribution in [1.82, 2.24) is 0 Å². The van der Waals surface area contributed by atoms with Gasteiger partial charge in [-0.05, 0) is 11.4 Å². The minimum Gasteiger partial charge on any atom is -0.289 e. The van der Waals surface area contributed by atoms with Crippen LogP contribution in [0, 0.1) is 0 Å². The summed E-state index contributed by atoms with van der Waals surface area (Å²) < 4.78 is 108. The molecule has 0 amide bonds. The van der Waals surface area contributed by atoms with Crippen LogP contribution in [0.25, 0.3) is 0 Å². The number of carbonyl (C=O) groups excluding carboxylic acids is 1. The number of Topliss-reactive ketones (excluding diaryl/α,β-unsaturated/α-hetero) is 1. The van der Waals surface area contributed by atoms with Gasteiger partial charge in [0.1, 0.15) is 0 Å². The largest absolute Gasteiger partial charge is 0.459 e. The zero-order valence-corrected chi connectivity index (χ0v) is 7.72. The monoisotopic (exact) mass is 278 g/mol. The molecule has 0 N–H and O–H groups in total. The van der Waals surface area contributed by atoms with Crippen molar-refractivity contribution in [2.45, 2.75) is 30.8 Å². The Bertz CT molecular complexity index is 304. The summed E-state index contributed by atoms with van der Waals surface area (Å²) in [7, 11) is 0. The molecule has 11 heteroatoms. The van der Waals surface area contributed by atoms with Gasteiger partial charge in [0.25, 0.3) is 11.5 Å². The number of rotatable bonds is 3. The molecule has 2 nitrogen and oxygen atoms in total. The number of carbonyl (C=O) groups is 1. The highest BCUT2D eigenvalue weighted by Crippen LogP contribution is 2.44. The Morgan fingerprint density at radius 3 is 1.41 bits per heavy atom. The van der Waals surface area contributed by atoms with Crippen molar-refractivity contribution in [1.29, 1.82) is 0 Å². The molecule has 0 spiro atoms. The van der Waals surface area contributed by atoms with Gasteiger partial charge in [-0.15, -0.1) is 4.94 Å². The molecule has 0 heterocycles. The van der Waals surface area contributed by atoms with E-state index in [4.69, 9.17) is 0 Å². The number of ketones is 1. The van der Waals surface area contributed by atoms with Gasteiger partial charge in [0.15, 0.2) is 0 Å². The molecule has 0 aliphatic rings. The summed E-state index contributed by atoms with van der Waals surface area (Å²) in [5, 5.41) is 0. The smallest absolute Gasteiger partial charge is 0.289 e. The summed E-state index contributed by atoms with van der Waals surface area (Å²) in [6.45, 7) is -0.686. The van der Waals surface area contributed by atoms with Crippen molar-refractivity contribution in [3.05, 3.63) is 0 Å². The standard InChI is InChI=1S/C6H3F9O2/c1-3(7,5(9,10)11)2(16)4(8,17-15)6(12,13)14/h1H3. The van der Waals surface area contributed by atoms with Crippen LogP contribution < -0.4 is 0 Å². The Balaban J connectivity index is 5.58. The first-order chi connectivity index (χ1) is 7.22. The van der Waals surface area contributed by atoms with E-state index in [9.17, 15) is 44.4 Å². The predicted octanol–water partition coefficient (Wildman–Crippen LogP) is 2.98. The third-order valence-electron chi connectivity index (χ3n) is 1.72. The maximum atomic E-state index is 12.7. The summed E-state index contributed by atoms with van der Waals surface area (Å²) in [6.07, 6.45) is -12.7. The van der Waals surface area contributed by atoms with Crippen LogP contribution in [-0.2, 0) is 9.74 Å². The first-order valence-electron chi connectivity index (χ1n) is 3.57. The minimum absolute atomic E-state index is 0.686. The summed E-state index contributed by atoms with van der Waals surface area (Å²) in [4.78, 5) is 12.0. The molecule has 0 fully saturated rings. The van der Waals surface area contributed by atoms with Gasteiger partial charge < -0.3 is 0 Å². The molecule has 0 bridgehead atoms. The van der Waals surface area contributed by atoms with Crippen LogP contribution in [0.2, 0.25) is 0 Å². The second-order valence-electron chi connectivity index (χ2n) is 3.00. The van der Waals surface area contributed by atoms with Crippen LogP contribution >= 0.6 is 0 Å². The van der Waals surface area contributed by atoms with Gasteiger partial charge in [0, 0.05) is 0 Å². The second kappa shape index (κ2) is 4.03. The highest BCUT2D eigenvalue weighted by Gasteiger charge is 2.74. The average Bonchev–Trinajstić information content (AvgIpc) is 2.11. The van der Waals surface area contributed by atoms with Gasteiger partial charge in [-0.1, -0.05) is 0 Å². The average molecular weight is 278 g/mol. The van der Waals surface area contributed by atoms with Gasteiger partial charge in [-0.25, -0.2) is 4.39 Å². The molecule has 2 atom stereocenters. The van der Waals surface area contributed by atoms with Crippen molar-refractivity contribution in [3.63, 3.8) is 0 Å². The lowest BCUT2D eigenvalue weighted by Gasteiger charge is -2.29. The van der Waals surface area contributed by atoms with Gasteiger partial charge >= 0.3 is 18.2 Å². The Hall–Kier alpha value is -1.00. The highest BCUT2D eigenvalue weighted by atomic mass is 19.4. The van der Waals surface area contributed by atoms with E-state index in [1.165, 1.54) is 0 Å². The fourth-order valence-corrected chi connectivity index (χ4v) is 0.638. The molecule has 2 unspecified atom stereocenters. The zero-order chi connectivity index (χ0) is 14.3. The number of hydrogen-bond acceptors (Lipinski definition) is 2. The highest BCUT2D eigenvalue weighted by molar-refractivity contribution is 5.94. The molecule has 0 aromatic carbocycles. The number of hydrogen-bond donors (Lipinski definition) is 0. The van der Waals surface area contributed by atoms with Gasteiger partial charge in [-0.2, -0.15) is 30.7 Å². The lowest BCUT2D eigenvalue weighted by Crippen LogP contribution is -2.60. The summed E-state index contributed by atoms with van der Waals surface area (Å²) in [5.41, 5.74) is -5.26. The van der Waals surface area contributed by atoms with Gasteiger partial charge in [0.2, 0.25) is 0 Å². The minimum atomic E-state index is -6.50. The molecule has 0 aliphatic carbocycles. The van der Waals surface area contributed by atoms with Crippen LogP contribution in [0.1, 0.15) is 6.92 Å². The van der Waals surface area contributed by atoms with Gasteiger partial charge in [0.05, 0.1) is 0 Å². The molecule has 0 aromatic heterocycles. The maximum Gasteiger partial charge on any atom is 0.459 e. The molecule has 0 saturated heterocycles. The van der Waals surface area contributed by atoms with Crippen molar-refractivity contribution in [2.24, 2.45) is 0 Å². The Kier molecular flexibility index (Phi) is 3.80. The topological polar surface area (TPSA) is 26.3 Å². The van der Waals surface area contributed by atoms with E-state index in [2.05, 4.69) is 0 Å². The van der Waals surface area contributed by atoms with E-state index in [1.54, 1.807) is 4.94 Å². The molecule has 17 heavy (non-hydrogen) atoms. The van der Waals surface area contributed by atoms with Crippen LogP contribution in [0.5, 0.6) is 0 Å². The maximum absolute atomic E-state index is 12.7. The molecule has 0 radical (unpaired) electrons. The van der Waals surface area contributed by atoms with E-state index < -0.39 is 36.6 Å². The number of alkyl halides is 8. The van der Waals surface area contributed by atoms with Crippen molar-refractivity contribution >= 4 is 5.78 Å². The Labute approximate surface area is 87.2 Å². The molecule has 0 aliphatic heterocycles. The zero-order valence-electron chi connectivity index (χ0n) is 7.72. The fraction of sp³-hybridized carbons (Fsp3) is 0.833. The van der Waals surface area contributed by atoms with E-state index in [1.807, 2.05) is 0 Å². The predicted molar refractivity (Wildman–Crippen MR) is 32.7 cm³/mol. The van der Waals surface area contributed by atoms with E-state index in [-0.39, 0.29) is 0 Å². The Morgan fingerprint density at radius 2 is 1.24 bits per heavy atom. The third-order valence-corrected chi connectivity index (χ3v) is 1.72. The molecular weight excluding hydrogens is 275 g/mol. The van der Waals surface area contributed by atoms with Gasteiger partial charge in [-0.3, -0.25) is 4.79 Å². The second-order valence-corrected chi connectivity index (χ2v) is 3.00. The summed E-state index contributed by atoms with van der Waals surface area (Å²) in [5.74, 6) is -9.81. The first-order valence-corrected chi connectivity index (χ1v) is 3.57. The lowest BCUT2D eigenvalue weighted by molar-refractivity contribution is -0.386. The molecular formula is C6H3F9O2. The van der Waals surface area contributed by atoms with E-state index >= 15 is 0 Å². The quantitative estimate of drug-likeness (QED) is 0.742. The van der Waals surface area contributed by atoms with Crippen LogP contribution in [-0.4, -0.2) is 29.7 Å². The molecule has 0 rings (SSSR count). The first kappa shape index (κ1) is 16.0. The number of halogens is 9. The molecule has 0 saturated carbocycles. The fourth-order valence-electron chi connectivity index (χ4n) is 0.638. The summed E-state index contributed by atoms with van der Waals surface area (Å²) in [6, 6.07) is 0. The Morgan fingerprint density at radius 1 is 0.882 bits per heavy atom.